The van der Waals surface area contributed by atoms with Gasteiger partial charge in [0.05, 0.1) is 0 Å². The van der Waals surface area contributed by atoms with Crippen molar-refractivity contribution in [2.45, 2.75) is 32.2 Å². The van der Waals surface area contributed by atoms with E-state index in [0.717, 1.165) is 49.1 Å². The summed E-state index contributed by atoms with van der Waals surface area (Å²) in [6.07, 6.45) is 1.61. The number of likely N-dealkylation sites (N-methyl/N-ethyl adjacent to an activating group) is 1. The molecule has 0 bridgehead atoms. The first-order valence-corrected chi connectivity index (χ1v) is 8.39. The number of nitrogens with zero attached hydrogens (tertiary/aromatic N) is 1. The first-order valence-electron chi connectivity index (χ1n) is 7.60. The zero-order chi connectivity index (χ0) is 15.5. The van der Waals surface area contributed by atoms with Gasteiger partial charge >= 0.3 is 0 Å². The molecule has 116 valence electrons. The molecule has 2 rings (SSSR count). The molecule has 1 atom stereocenters. The summed E-state index contributed by atoms with van der Waals surface area (Å²) in [5, 5.41) is 3.44. The Morgan fingerprint density at radius 1 is 1.43 bits per heavy atom. The van der Waals surface area contributed by atoms with E-state index in [1.165, 1.54) is 5.56 Å². The maximum atomic E-state index is 12.1. The van der Waals surface area contributed by atoms with Gasteiger partial charge in [-0.05, 0) is 43.1 Å². The number of halogens is 1. The number of carbonyl (C=O) groups is 1. The molecule has 4 nitrogen and oxygen atoms in total. The second-order valence-corrected chi connectivity index (χ2v) is 6.34. The molecule has 1 amide bonds. The molecule has 0 aromatic heterocycles. The molecule has 0 heterocycles. The number of hydrogen-bond donors (Lipinski definition) is 2. The normalized spacial score (nSPS) is 20.8. The topological polar surface area (TPSA) is 58.4 Å². The van der Waals surface area contributed by atoms with Crippen LogP contribution in [0.1, 0.15) is 31.4 Å². The molecule has 0 aliphatic heterocycles. The predicted octanol–water partition coefficient (Wildman–Crippen LogP) is 2.01. The van der Waals surface area contributed by atoms with E-state index in [9.17, 15) is 4.79 Å². The van der Waals surface area contributed by atoms with Crippen molar-refractivity contribution < 1.29 is 4.79 Å². The van der Waals surface area contributed by atoms with E-state index in [4.69, 9.17) is 5.73 Å². The van der Waals surface area contributed by atoms with E-state index in [-0.39, 0.29) is 5.91 Å². The molecule has 0 fully saturated rings. The van der Waals surface area contributed by atoms with Gasteiger partial charge in [-0.15, -0.1) is 0 Å². The standard InChI is InChI=1S/C16H24BrN3O/c1-3-20(4-2)11-10-19-16(15(18)21)9-8-12-13(16)6-5-7-14(12)17/h5-7,19H,3-4,8-11H2,1-2H3,(H2,18,21). The number of benzene rings is 1. The first-order chi connectivity index (χ1) is 10.0. The van der Waals surface area contributed by atoms with Gasteiger partial charge in [-0.2, -0.15) is 0 Å². The van der Waals surface area contributed by atoms with Crippen LogP contribution >= 0.6 is 15.9 Å². The van der Waals surface area contributed by atoms with Crippen molar-refractivity contribution in [3.05, 3.63) is 33.8 Å². The van der Waals surface area contributed by atoms with Crippen LogP contribution in [0.2, 0.25) is 0 Å². The minimum absolute atomic E-state index is 0.279. The number of hydrogen-bond acceptors (Lipinski definition) is 3. The minimum Gasteiger partial charge on any atom is -0.368 e. The van der Waals surface area contributed by atoms with Crippen LogP contribution in [0.5, 0.6) is 0 Å². The van der Waals surface area contributed by atoms with Crippen molar-refractivity contribution in [2.75, 3.05) is 26.2 Å². The van der Waals surface area contributed by atoms with Gasteiger partial charge in [0.15, 0.2) is 0 Å². The van der Waals surface area contributed by atoms with E-state index < -0.39 is 5.54 Å². The highest BCUT2D eigenvalue weighted by Crippen LogP contribution is 2.40. The Morgan fingerprint density at radius 2 is 2.14 bits per heavy atom. The van der Waals surface area contributed by atoms with Crippen molar-refractivity contribution in [2.24, 2.45) is 5.73 Å². The second-order valence-electron chi connectivity index (χ2n) is 5.49. The van der Waals surface area contributed by atoms with Crippen molar-refractivity contribution in [1.29, 1.82) is 0 Å². The minimum atomic E-state index is -0.716. The molecule has 0 saturated heterocycles. The lowest BCUT2D eigenvalue weighted by Crippen LogP contribution is -2.53. The zero-order valence-electron chi connectivity index (χ0n) is 12.8. The summed E-state index contributed by atoms with van der Waals surface area (Å²) in [6.45, 7) is 8.01. The number of nitrogens with one attached hydrogen (secondary N) is 1. The zero-order valence-corrected chi connectivity index (χ0v) is 14.4. The number of carbonyl (C=O) groups excluding carboxylic acids is 1. The lowest BCUT2D eigenvalue weighted by Gasteiger charge is -2.30. The maximum absolute atomic E-state index is 12.1. The lowest BCUT2D eigenvalue weighted by molar-refractivity contribution is -0.124. The van der Waals surface area contributed by atoms with Gasteiger partial charge in [-0.1, -0.05) is 41.9 Å². The summed E-state index contributed by atoms with van der Waals surface area (Å²) >= 11 is 3.57. The quantitative estimate of drug-likeness (QED) is 0.788. The highest BCUT2D eigenvalue weighted by Gasteiger charge is 2.44. The van der Waals surface area contributed by atoms with Crippen molar-refractivity contribution in [3.63, 3.8) is 0 Å². The lowest BCUT2D eigenvalue weighted by atomic mass is 9.91. The van der Waals surface area contributed by atoms with Crippen LogP contribution in [0.4, 0.5) is 0 Å². The fraction of sp³-hybridized carbons (Fsp3) is 0.562. The predicted molar refractivity (Wildman–Crippen MR) is 89.1 cm³/mol. The summed E-state index contributed by atoms with van der Waals surface area (Å²) in [4.78, 5) is 14.5. The van der Waals surface area contributed by atoms with Crippen molar-refractivity contribution >= 4 is 21.8 Å². The Kier molecular flexibility index (Phi) is 5.41. The van der Waals surface area contributed by atoms with Crippen LogP contribution in [-0.2, 0) is 16.8 Å². The molecule has 1 aromatic carbocycles. The fourth-order valence-electron chi connectivity index (χ4n) is 3.15. The number of rotatable bonds is 7. The number of amides is 1. The molecule has 1 aliphatic rings. The monoisotopic (exact) mass is 353 g/mol. The average Bonchev–Trinajstić information content (AvgIpc) is 2.85. The van der Waals surface area contributed by atoms with E-state index in [1.807, 2.05) is 18.2 Å². The van der Waals surface area contributed by atoms with Gasteiger partial charge in [0, 0.05) is 17.6 Å². The summed E-state index contributed by atoms with van der Waals surface area (Å²) < 4.78 is 1.06. The smallest absolute Gasteiger partial charge is 0.242 e. The molecule has 1 aromatic rings. The molecule has 3 N–H and O–H groups in total. The number of primary amides is 1. The van der Waals surface area contributed by atoms with Crippen LogP contribution in [0, 0.1) is 0 Å². The molecule has 0 radical (unpaired) electrons. The average molecular weight is 354 g/mol. The molecular formula is C16H24BrN3O. The van der Waals surface area contributed by atoms with Gasteiger partial charge < -0.3 is 10.6 Å². The van der Waals surface area contributed by atoms with E-state index in [2.05, 4.69) is 40.0 Å². The van der Waals surface area contributed by atoms with E-state index >= 15 is 0 Å². The fourth-order valence-corrected chi connectivity index (χ4v) is 3.72. The molecule has 1 unspecified atom stereocenters. The highest BCUT2D eigenvalue weighted by atomic mass is 79.9. The summed E-state index contributed by atoms with van der Waals surface area (Å²) in [7, 11) is 0. The third-order valence-electron chi connectivity index (χ3n) is 4.50. The number of nitrogens with two attached hydrogens (primary N) is 1. The van der Waals surface area contributed by atoms with Crippen LogP contribution in [0.3, 0.4) is 0 Å². The summed E-state index contributed by atoms with van der Waals surface area (Å²) in [5.41, 5.74) is 7.27. The van der Waals surface area contributed by atoms with Gasteiger partial charge in [-0.3, -0.25) is 10.1 Å². The maximum Gasteiger partial charge on any atom is 0.242 e. The van der Waals surface area contributed by atoms with Gasteiger partial charge in [-0.25, -0.2) is 0 Å². The molecule has 5 heteroatoms. The Bertz CT molecular complexity index is 516. The van der Waals surface area contributed by atoms with Crippen LogP contribution in [0.25, 0.3) is 0 Å². The molecule has 0 saturated carbocycles. The van der Waals surface area contributed by atoms with Crippen LogP contribution in [-0.4, -0.2) is 37.0 Å². The Balaban J connectivity index is 2.18. The van der Waals surface area contributed by atoms with Gasteiger partial charge in [0.25, 0.3) is 0 Å². The molecule has 1 aliphatic carbocycles. The van der Waals surface area contributed by atoms with E-state index in [1.54, 1.807) is 0 Å². The highest BCUT2D eigenvalue weighted by molar-refractivity contribution is 9.10. The Hall–Kier alpha value is -0.910. The summed E-state index contributed by atoms with van der Waals surface area (Å²) in [6, 6.07) is 6.01. The van der Waals surface area contributed by atoms with Crippen molar-refractivity contribution in [1.82, 2.24) is 10.2 Å². The Labute approximate surface area is 135 Å². The first kappa shape index (κ1) is 16.5. The van der Waals surface area contributed by atoms with Crippen molar-refractivity contribution in [3.8, 4) is 0 Å². The van der Waals surface area contributed by atoms with Gasteiger partial charge in [0.2, 0.25) is 5.91 Å². The molecule has 21 heavy (non-hydrogen) atoms. The van der Waals surface area contributed by atoms with Gasteiger partial charge in [0.1, 0.15) is 5.54 Å². The largest absolute Gasteiger partial charge is 0.368 e. The Morgan fingerprint density at radius 3 is 2.76 bits per heavy atom. The van der Waals surface area contributed by atoms with E-state index in [0.29, 0.717) is 0 Å². The third-order valence-corrected chi connectivity index (χ3v) is 5.24. The second kappa shape index (κ2) is 6.90. The van der Waals surface area contributed by atoms with Crippen LogP contribution < -0.4 is 11.1 Å². The third kappa shape index (κ3) is 3.15. The molecule has 0 spiro atoms. The van der Waals surface area contributed by atoms with Crippen LogP contribution in [0.15, 0.2) is 22.7 Å². The SMILES string of the molecule is CCN(CC)CCNC1(C(N)=O)CCc2c(Br)cccc21. The number of fused-ring (bicyclic) bond motifs is 1. The molecular weight excluding hydrogens is 330 g/mol. The summed E-state index contributed by atoms with van der Waals surface area (Å²) in [5.74, 6) is -0.279.